The second kappa shape index (κ2) is 5.86. The number of nitrogens with two attached hydrogens (primary N) is 1. The number of hydrogen-bond acceptors (Lipinski definition) is 5. The third-order valence-electron chi connectivity index (χ3n) is 3.34. The van der Waals surface area contributed by atoms with Gasteiger partial charge < -0.3 is 5.73 Å². The summed E-state index contributed by atoms with van der Waals surface area (Å²) in [6.07, 6.45) is 1.52. The fourth-order valence-corrected chi connectivity index (χ4v) is 3.97. The molecule has 0 amide bonds. The van der Waals surface area contributed by atoms with Gasteiger partial charge in [-0.05, 0) is 12.8 Å². The van der Waals surface area contributed by atoms with Gasteiger partial charge in [-0.25, -0.2) is 12.7 Å². The maximum Gasteiger partial charge on any atom is 0.273 e. The number of benzene rings is 1. The van der Waals surface area contributed by atoms with Gasteiger partial charge in [0, 0.05) is 30.8 Å². The Hall–Kier alpha value is -1.51. The molecule has 0 radical (unpaired) electrons. The minimum absolute atomic E-state index is 0.163. The maximum atomic E-state index is 12.3. The molecule has 8 heteroatoms. The first-order valence-corrected chi connectivity index (χ1v) is 7.97. The summed E-state index contributed by atoms with van der Waals surface area (Å²) in [7, 11) is -3.58. The lowest BCUT2D eigenvalue weighted by atomic mass is 10.1. The van der Waals surface area contributed by atoms with Crippen molar-refractivity contribution in [2.24, 2.45) is 5.73 Å². The average Bonchev–Trinajstić information content (AvgIpc) is 2.38. The smallest absolute Gasteiger partial charge is 0.273 e. The fourth-order valence-electron chi connectivity index (χ4n) is 2.33. The molecule has 0 aromatic heterocycles. The molecule has 0 spiro atoms. The molecule has 1 atom stereocenters. The summed E-state index contributed by atoms with van der Waals surface area (Å²) in [6, 6.07) is 5.74. The van der Waals surface area contributed by atoms with E-state index in [0.29, 0.717) is 6.54 Å². The van der Waals surface area contributed by atoms with Crippen LogP contribution >= 0.6 is 0 Å². The van der Waals surface area contributed by atoms with Crippen LogP contribution in [0.1, 0.15) is 18.4 Å². The number of rotatable bonds is 4. The molecule has 1 aromatic carbocycles. The number of nitro groups is 1. The monoisotopic (exact) mass is 299 g/mol. The number of piperidine rings is 1. The first-order chi connectivity index (χ1) is 9.40. The Kier molecular flexibility index (Phi) is 4.36. The van der Waals surface area contributed by atoms with Gasteiger partial charge in [-0.2, -0.15) is 0 Å². The van der Waals surface area contributed by atoms with Crippen molar-refractivity contribution in [3.8, 4) is 0 Å². The third-order valence-corrected chi connectivity index (χ3v) is 5.13. The highest BCUT2D eigenvalue weighted by Crippen LogP contribution is 2.23. The van der Waals surface area contributed by atoms with Gasteiger partial charge in [0.1, 0.15) is 0 Å². The van der Waals surface area contributed by atoms with Gasteiger partial charge in [0.25, 0.3) is 5.69 Å². The number of para-hydroxylation sites is 1. The van der Waals surface area contributed by atoms with Gasteiger partial charge in [0.05, 0.1) is 10.7 Å². The maximum absolute atomic E-state index is 12.3. The second-order valence-electron chi connectivity index (χ2n) is 4.90. The van der Waals surface area contributed by atoms with E-state index in [2.05, 4.69) is 0 Å². The Morgan fingerprint density at radius 1 is 1.40 bits per heavy atom. The van der Waals surface area contributed by atoms with Gasteiger partial charge >= 0.3 is 0 Å². The predicted molar refractivity (Wildman–Crippen MR) is 74.5 cm³/mol. The van der Waals surface area contributed by atoms with Crippen LogP contribution in [0.4, 0.5) is 5.69 Å². The predicted octanol–water partition coefficient (Wildman–Crippen LogP) is 0.848. The Labute approximate surface area is 117 Å². The SMILES string of the molecule is NC1CCCN(S(=O)(=O)Cc2ccccc2[N+](=O)[O-])C1. The standard InChI is InChI=1S/C12H17N3O4S/c13-11-5-3-7-14(8-11)20(18,19)9-10-4-1-2-6-12(10)15(16)17/h1-2,4,6,11H,3,5,7-9,13H2. The molecular formula is C12H17N3O4S. The van der Waals surface area contributed by atoms with E-state index in [9.17, 15) is 18.5 Å². The molecule has 0 aliphatic carbocycles. The van der Waals surface area contributed by atoms with Crippen LogP contribution in [-0.2, 0) is 15.8 Å². The molecule has 1 saturated heterocycles. The van der Waals surface area contributed by atoms with Gasteiger partial charge in [-0.3, -0.25) is 10.1 Å². The van der Waals surface area contributed by atoms with Crippen molar-refractivity contribution in [2.45, 2.75) is 24.6 Å². The number of sulfonamides is 1. The van der Waals surface area contributed by atoms with Crippen molar-refractivity contribution in [3.05, 3.63) is 39.9 Å². The van der Waals surface area contributed by atoms with Crippen LogP contribution in [0, 0.1) is 10.1 Å². The largest absolute Gasteiger partial charge is 0.327 e. The van der Waals surface area contributed by atoms with Crippen LogP contribution in [0.3, 0.4) is 0 Å². The molecular weight excluding hydrogens is 282 g/mol. The summed E-state index contributed by atoms with van der Waals surface area (Å²) in [5.41, 5.74) is 5.82. The van der Waals surface area contributed by atoms with E-state index in [-0.39, 0.29) is 29.6 Å². The summed E-state index contributed by atoms with van der Waals surface area (Å²) in [5, 5.41) is 10.9. The van der Waals surface area contributed by atoms with Gasteiger partial charge in [0.15, 0.2) is 0 Å². The van der Waals surface area contributed by atoms with E-state index in [1.807, 2.05) is 0 Å². The molecule has 1 heterocycles. The second-order valence-corrected chi connectivity index (χ2v) is 6.87. The number of nitro benzene ring substituents is 1. The van der Waals surface area contributed by atoms with E-state index in [4.69, 9.17) is 5.73 Å². The van der Waals surface area contributed by atoms with Crippen LogP contribution in [0.25, 0.3) is 0 Å². The van der Waals surface area contributed by atoms with E-state index in [0.717, 1.165) is 12.8 Å². The lowest BCUT2D eigenvalue weighted by Crippen LogP contribution is -2.46. The van der Waals surface area contributed by atoms with Crippen molar-refractivity contribution in [3.63, 3.8) is 0 Å². The molecule has 1 fully saturated rings. The van der Waals surface area contributed by atoms with Crippen molar-refractivity contribution in [1.29, 1.82) is 0 Å². The normalized spacial score (nSPS) is 20.8. The zero-order chi connectivity index (χ0) is 14.8. The van der Waals surface area contributed by atoms with Gasteiger partial charge in [0.2, 0.25) is 10.0 Å². The fraction of sp³-hybridized carbons (Fsp3) is 0.500. The van der Waals surface area contributed by atoms with E-state index < -0.39 is 14.9 Å². The van der Waals surface area contributed by atoms with Crippen LogP contribution in [0.15, 0.2) is 24.3 Å². The van der Waals surface area contributed by atoms with Crippen LogP contribution in [-0.4, -0.2) is 36.8 Å². The quantitative estimate of drug-likeness (QED) is 0.655. The first-order valence-electron chi connectivity index (χ1n) is 6.36. The van der Waals surface area contributed by atoms with E-state index in [1.165, 1.54) is 22.5 Å². The van der Waals surface area contributed by atoms with Gasteiger partial charge in [-0.15, -0.1) is 0 Å². The van der Waals surface area contributed by atoms with Crippen LogP contribution in [0.2, 0.25) is 0 Å². The molecule has 1 aliphatic heterocycles. The van der Waals surface area contributed by atoms with Crippen molar-refractivity contribution in [2.75, 3.05) is 13.1 Å². The highest BCUT2D eigenvalue weighted by Gasteiger charge is 2.29. The summed E-state index contributed by atoms with van der Waals surface area (Å²) >= 11 is 0. The van der Waals surface area contributed by atoms with Gasteiger partial charge in [-0.1, -0.05) is 18.2 Å². The van der Waals surface area contributed by atoms with Crippen LogP contribution in [0.5, 0.6) is 0 Å². The molecule has 1 aromatic rings. The minimum atomic E-state index is -3.58. The Bertz CT molecular complexity index is 602. The highest BCUT2D eigenvalue weighted by molar-refractivity contribution is 7.88. The minimum Gasteiger partial charge on any atom is -0.327 e. The zero-order valence-electron chi connectivity index (χ0n) is 10.9. The Morgan fingerprint density at radius 3 is 2.75 bits per heavy atom. The molecule has 7 nitrogen and oxygen atoms in total. The average molecular weight is 299 g/mol. The molecule has 0 saturated carbocycles. The van der Waals surface area contributed by atoms with E-state index in [1.54, 1.807) is 6.07 Å². The van der Waals surface area contributed by atoms with Crippen molar-refractivity contribution in [1.82, 2.24) is 4.31 Å². The molecule has 1 aliphatic rings. The topological polar surface area (TPSA) is 107 Å². The van der Waals surface area contributed by atoms with Crippen molar-refractivity contribution < 1.29 is 13.3 Å². The Morgan fingerprint density at radius 2 is 2.10 bits per heavy atom. The summed E-state index contributed by atoms with van der Waals surface area (Å²) in [4.78, 5) is 10.4. The lowest BCUT2D eigenvalue weighted by Gasteiger charge is -2.29. The lowest BCUT2D eigenvalue weighted by molar-refractivity contribution is -0.385. The summed E-state index contributed by atoms with van der Waals surface area (Å²) in [6.45, 7) is 0.708. The molecule has 0 bridgehead atoms. The molecule has 110 valence electrons. The summed E-state index contributed by atoms with van der Waals surface area (Å²) < 4.78 is 26.0. The molecule has 20 heavy (non-hydrogen) atoms. The van der Waals surface area contributed by atoms with Crippen LogP contribution < -0.4 is 5.73 Å². The highest BCUT2D eigenvalue weighted by atomic mass is 32.2. The summed E-state index contributed by atoms with van der Waals surface area (Å²) in [5.74, 6) is -0.364. The molecule has 2 N–H and O–H groups in total. The third kappa shape index (κ3) is 3.33. The number of hydrogen-bond donors (Lipinski definition) is 1. The zero-order valence-corrected chi connectivity index (χ0v) is 11.8. The molecule has 1 unspecified atom stereocenters. The molecule has 2 rings (SSSR count). The van der Waals surface area contributed by atoms with Crippen molar-refractivity contribution >= 4 is 15.7 Å². The first kappa shape index (κ1) is 14.9. The van der Waals surface area contributed by atoms with E-state index >= 15 is 0 Å². The number of nitrogens with zero attached hydrogens (tertiary/aromatic N) is 2. The Balaban J connectivity index is 2.22.